The Balaban J connectivity index is 0.000000161. The summed E-state index contributed by atoms with van der Waals surface area (Å²) in [6.45, 7) is 25.2. The number of rotatable bonds is 7. The molecule has 2 aromatic heterocycles. The number of phenols is 2. The molecule has 10 aromatic carbocycles. The van der Waals surface area contributed by atoms with E-state index in [4.69, 9.17) is 20.7 Å². The average Bonchev–Trinajstić information content (AvgIpc) is 3.01. The summed E-state index contributed by atoms with van der Waals surface area (Å²) >= 11 is 2.92. The molecule has 0 saturated heterocycles. The summed E-state index contributed by atoms with van der Waals surface area (Å²) in [4.78, 5) is 25.8. The third-order valence-electron chi connectivity index (χ3n) is 15.5. The molecule has 0 bridgehead atoms. The third-order valence-corrected chi connectivity index (χ3v) is 17.6. The van der Waals surface area contributed by atoms with Crippen LogP contribution >= 0.6 is 22.7 Å². The van der Waals surface area contributed by atoms with E-state index in [1.54, 1.807) is 36.5 Å². The standard InChI is InChI=1S/C38H35FN2OS.C23H15FN2S.C15H22O2/c1-37(2,3)25-18-24(35(42)31(19-25)38(4,5)6)22-40-32-17-10-9-15-29(32)36-41-34-30(20-26(39)21-33(34)43-36)28-16-11-13-23-12-7-8-14-27(23)28;24-15-12-19(17-10-5-7-14-6-1-2-8-16(14)17)22-21(13-15)27-23(26-22)18-9-3-4-11-20(18)25;1-14(2,3)11-7-10(9-16)13(17)12(8-11)15(4,5)6/h7-22,42H,1-6H3;1-13H,25H2;7-9,17H,1-6H3. The molecule has 440 valence electrons. The van der Waals surface area contributed by atoms with Gasteiger partial charge in [-0.15, -0.1) is 22.7 Å². The van der Waals surface area contributed by atoms with Crippen molar-refractivity contribution in [3.8, 4) is 54.9 Å². The number of halogens is 2. The molecule has 0 spiro atoms. The summed E-state index contributed by atoms with van der Waals surface area (Å²) in [5.74, 6) is -0.195. The van der Waals surface area contributed by atoms with Crippen LogP contribution in [0.5, 0.6) is 11.5 Å². The lowest BCUT2D eigenvalue weighted by molar-refractivity contribution is 0.112. The van der Waals surface area contributed by atoms with Crippen LogP contribution in [0.2, 0.25) is 0 Å². The molecule has 0 unspecified atom stereocenters. The molecule has 7 nitrogen and oxygen atoms in total. The molecule has 0 amide bonds. The second-order valence-corrected chi connectivity index (χ2v) is 28.2. The van der Waals surface area contributed by atoms with Gasteiger partial charge in [-0.3, -0.25) is 9.79 Å². The van der Waals surface area contributed by atoms with Crippen LogP contribution in [0.3, 0.4) is 0 Å². The van der Waals surface area contributed by atoms with Gasteiger partial charge in [-0.25, -0.2) is 18.7 Å². The number of benzene rings is 10. The number of anilines is 1. The van der Waals surface area contributed by atoms with Crippen molar-refractivity contribution in [2.75, 3.05) is 5.73 Å². The summed E-state index contributed by atoms with van der Waals surface area (Å²) in [5.41, 5.74) is 18.8. The summed E-state index contributed by atoms with van der Waals surface area (Å²) < 4.78 is 31.0. The monoisotopic (exact) mass is 1190 g/mol. The third kappa shape index (κ3) is 13.1. The normalized spacial score (nSPS) is 12.2. The fourth-order valence-corrected chi connectivity index (χ4v) is 12.8. The largest absolute Gasteiger partial charge is 0.507 e. The van der Waals surface area contributed by atoms with E-state index < -0.39 is 0 Å². The highest BCUT2D eigenvalue weighted by atomic mass is 32.1. The Bertz CT molecular complexity index is 4600. The number of phenolic OH excluding ortho intramolecular Hbond substituents is 2. The van der Waals surface area contributed by atoms with Gasteiger partial charge >= 0.3 is 0 Å². The van der Waals surface area contributed by atoms with E-state index >= 15 is 0 Å². The second kappa shape index (κ2) is 24.1. The molecule has 0 radical (unpaired) electrons. The predicted molar refractivity (Wildman–Crippen MR) is 364 cm³/mol. The highest BCUT2D eigenvalue weighted by Gasteiger charge is 2.27. The topological polar surface area (TPSA) is 122 Å². The lowest BCUT2D eigenvalue weighted by atomic mass is 9.79. The molecule has 0 aliphatic heterocycles. The molecule has 12 aromatic rings. The van der Waals surface area contributed by atoms with Crippen LogP contribution in [-0.2, 0) is 21.7 Å². The molecule has 0 fully saturated rings. The molecule has 87 heavy (non-hydrogen) atoms. The van der Waals surface area contributed by atoms with Crippen molar-refractivity contribution in [3.63, 3.8) is 0 Å². The number of nitrogen functional groups attached to an aromatic ring is 1. The minimum atomic E-state index is -0.291. The number of hydrogen-bond acceptors (Lipinski definition) is 9. The van der Waals surface area contributed by atoms with Gasteiger partial charge < -0.3 is 15.9 Å². The van der Waals surface area contributed by atoms with Crippen molar-refractivity contribution < 1.29 is 23.8 Å². The number of thiazole rings is 2. The maximum atomic E-state index is 15.0. The Hall–Kier alpha value is -8.90. The molecule has 0 saturated carbocycles. The van der Waals surface area contributed by atoms with Gasteiger partial charge in [-0.2, -0.15) is 0 Å². The van der Waals surface area contributed by atoms with Crippen LogP contribution in [0.1, 0.15) is 121 Å². The number of nitrogens with zero attached hydrogens (tertiary/aromatic N) is 3. The Morgan fingerprint density at radius 1 is 0.448 bits per heavy atom. The maximum Gasteiger partial charge on any atom is 0.153 e. The van der Waals surface area contributed by atoms with Gasteiger partial charge in [0, 0.05) is 50.8 Å². The van der Waals surface area contributed by atoms with Crippen molar-refractivity contribution in [3.05, 3.63) is 227 Å². The quantitative estimate of drug-likeness (QED) is 0.0830. The number of carbonyl (C=O) groups excluding carboxylic acids is 1. The van der Waals surface area contributed by atoms with E-state index in [0.29, 0.717) is 16.8 Å². The van der Waals surface area contributed by atoms with E-state index in [1.165, 1.54) is 22.7 Å². The van der Waals surface area contributed by atoms with Gasteiger partial charge in [-0.1, -0.05) is 204 Å². The smallest absolute Gasteiger partial charge is 0.153 e. The number of hydrogen-bond donors (Lipinski definition) is 3. The Morgan fingerprint density at radius 3 is 1.32 bits per heavy atom. The van der Waals surface area contributed by atoms with Crippen molar-refractivity contribution in [2.24, 2.45) is 4.99 Å². The molecule has 11 heteroatoms. The zero-order valence-corrected chi connectivity index (χ0v) is 52.9. The van der Waals surface area contributed by atoms with Crippen molar-refractivity contribution in [1.29, 1.82) is 0 Å². The van der Waals surface area contributed by atoms with Gasteiger partial charge in [0.2, 0.25) is 0 Å². The first kappa shape index (κ1) is 61.2. The Labute approximate surface area is 516 Å². The number of fused-ring (bicyclic) bond motifs is 4. The first-order valence-electron chi connectivity index (χ1n) is 29.0. The van der Waals surface area contributed by atoms with Crippen LogP contribution in [0, 0.1) is 11.6 Å². The summed E-state index contributed by atoms with van der Waals surface area (Å²) in [6.07, 6.45) is 2.47. The zero-order valence-electron chi connectivity index (χ0n) is 51.3. The lowest BCUT2D eigenvalue weighted by Gasteiger charge is -2.27. The number of aromatic nitrogens is 2. The first-order chi connectivity index (χ1) is 41.2. The van der Waals surface area contributed by atoms with Crippen LogP contribution in [0.25, 0.3) is 85.4 Å². The molecule has 0 atom stereocenters. The molecule has 12 rings (SSSR count). The number of carbonyl (C=O) groups is 1. The summed E-state index contributed by atoms with van der Waals surface area (Å²) in [6, 6.07) is 58.1. The number of para-hydroxylation sites is 2. The summed E-state index contributed by atoms with van der Waals surface area (Å²) in [5, 5.41) is 27.3. The molecule has 4 N–H and O–H groups in total. The number of aldehydes is 1. The number of aromatic hydroxyl groups is 2. The van der Waals surface area contributed by atoms with Crippen molar-refractivity contribution in [1.82, 2.24) is 9.97 Å². The minimum absolute atomic E-state index is 0.0362. The van der Waals surface area contributed by atoms with Crippen molar-refractivity contribution >= 4 is 88.5 Å². The fourth-order valence-electron chi connectivity index (χ4n) is 10.7. The van der Waals surface area contributed by atoms with Crippen LogP contribution in [0.15, 0.2) is 187 Å². The molecule has 0 aliphatic carbocycles. The van der Waals surface area contributed by atoms with Crippen molar-refractivity contribution in [2.45, 2.75) is 105 Å². The van der Waals surface area contributed by atoms with Gasteiger partial charge in [0.15, 0.2) is 6.29 Å². The lowest BCUT2D eigenvalue weighted by Crippen LogP contribution is -2.17. The van der Waals surface area contributed by atoms with Gasteiger partial charge in [0.05, 0.1) is 31.7 Å². The van der Waals surface area contributed by atoms with Gasteiger partial charge in [0.25, 0.3) is 0 Å². The van der Waals surface area contributed by atoms with Crippen LogP contribution < -0.4 is 5.73 Å². The molecular formula is C76H72F2N4O3S2. The molecular weight excluding hydrogens is 1120 g/mol. The highest BCUT2D eigenvalue weighted by Crippen LogP contribution is 2.44. The SMILES string of the molecule is CC(C)(C)c1cc(C=Nc2ccccc2-c2nc3c(-c4cccc5ccccc45)cc(F)cc3s2)c(O)c(C(C)(C)C)c1.CC(C)(C)c1cc(C=O)c(O)c(C(C)(C)C)c1.Nc1ccccc1-c1nc2c(-c3cccc4ccccc34)cc(F)cc2s1. The van der Waals surface area contributed by atoms with Crippen LogP contribution in [0.4, 0.5) is 20.2 Å². The van der Waals surface area contributed by atoms with Gasteiger partial charge in [0.1, 0.15) is 33.1 Å². The van der Waals surface area contributed by atoms with E-state index in [-0.39, 0.29) is 44.8 Å². The van der Waals surface area contributed by atoms with E-state index in [9.17, 15) is 23.8 Å². The average molecular weight is 1190 g/mol. The van der Waals surface area contributed by atoms with Gasteiger partial charge in [-0.05, 0) is 126 Å². The zero-order chi connectivity index (χ0) is 62.3. The van der Waals surface area contributed by atoms with Crippen LogP contribution in [-0.4, -0.2) is 32.7 Å². The maximum absolute atomic E-state index is 15.0. The Morgan fingerprint density at radius 2 is 0.851 bits per heavy atom. The van der Waals surface area contributed by atoms with E-state index in [2.05, 4.69) is 105 Å². The minimum Gasteiger partial charge on any atom is -0.507 e. The molecule has 2 heterocycles. The number of aliphatic imine (C=N–C) groups is 1. The van der Waals surface area contributed by atoms with E-state index in [1.807, 2.05) is 130 Å². The Kier molecular flexibility index (Phi) is 17.0. The first-order valence-corrected chi connectivity index (χ1v) is 30.7. The fraction of sp³-hybridized carbons (Fsp3) is 0.211. The summed E-state index contributed by atoms with van der Waals surface area (Å²) in [7, 11) is 0. The van der Waals surface area contributed by atoms with E-state index in [0.717, 1.165) is 120 Å². The highest BCUT2D eigenvalue weighted by molar-refractivity contribution is 7.22. The number of nitrogens with two attached hydrogens (primary N) is 1. The predicted octanol–water partition coefficient (Wildman–Crippen LogP) is 21.3. The molecule has 0 aliphatic rings. The second-order valence-electron chi connectivity index (χ2n) is 26.1.